The van der Waals surface area contributed by atoms with Gasteiger partial charge in [-0.25, -0.2) is 4.79 Å². The minimum absolute atomic E-state index is 0.381. The summed E-state index contributed by atoms with van der Waals surface area (Å²) in [5.74, 6) is 0.176. The Morgan fingerprint density at radius 2 is 1.16 bits per heavy atom. The molecule has 3 heteroatoms. The number of hydrogen-bond donors (Lipinski definition) is 1. The van der Waals surface area contributed by atoms with E-state index in [9.17, 15) is 4.79 Å². The first kappa shape index (κ1) is 27.3. The lowest BCUT2D eigenvalue weighted by molar-refractivity contribution is -0.130. The minimum atomic E-state index is -0.381. The highest BCUT2D eigenvalue weighted by Gasteiger charge is 2.04. The summed E-state index contributed by atoms with van der Waals surface area (Å²) in [5.41, 5.74) is 1.47. The van der Waals surface area contributed by atoms with Gasteiger partial charge in [0.15, 0.2) is 0 Å². The molecule has 0 amide bonds. The molecule has 0 atom stereocenters. The lowest BCUT2D eigenvalue weighted by atomic mass is 10.0. The summed E-state index contributed by atoms with van der Waals surface area (Å²) in [6, 6.07) is 7.54. The molecule has 1 rings (SSSR count). The highest BCUT2D eigenvalue weighted by molar-refractivity contribution is 5.88. The van der Waals surface area contributed by atoms with Crippen molar-refractivity contribution in [2.24, 2.45) is 0 Å². The van der Waals surface area contributed by atoms with Crippen molar-refractivity contribution in [3.8, 4) is 5.75 Å². The fourth-order valence-electron chi connectivity index (χ4n) is 3.74. The Bertz CT molecular complexity index is 579. The van der Waals surface area contributed by atoms with Gasteiger partial charge in [0.05, 0.1) is 0 Å². The molecule has 31 heavy (non-hydrogen) atoms. The van der Waals surface area contributed by atoms with Crippen LogP contribution in [0.3, 0.4) is 0 Å². The van der Waals surface area contributed by atoms with Crippen LogP contribution < -0.4 is 10.1 Å². The highest BCUT2D eigenvalue weighted by Crippen LogP contribution is 2.17. The Morgan fingerprint density at radius 1 is 0.742 bits per heavy atom. The number of carbonyl (C=O) groups excluding carboxylic acids is 1. The summed E-state index contributed by atoms with van der Waals surface area (Å²) in [4.78, 5) is 11.5. The van der Waals surface area contributed by atoms with E-state index in [0.717, 1.165) is 12.2 Å². The Morgan fingerprint density at radius 3 is 1.58 bits per heavy atom. The number of benzene rings is 1. The smallest absolute Gasteiger partial charge is 0.338 e. The van der Waals surface area contributed by atoms with Gasteiger partial charge in [0.25, 0.3) is 0 Å². The van der Waals surface area contributed by atoms with Crippen LogP contribution in [-0.2, 0) is 4.79 Å². The minimum Gasteiger partial charge on any atom is -0.423 e. The Balaban J connectivity index is 1.86. The predicted octanol–water partition coefficient (Wildman–Crippen LogP) is 8.84. The van der Waals surface area contributed by atoms with Gasteiger partial charge < -0.3 is 10.1 Å². The first-order valence-corrected chi connectivity index (χ1v) is 12.8. The van der Waals surface area contributed by atoms with Crippen molar-refractivity contribution in [2.75, 3.05) is 11.9 Å². The molecular weight excluding hydrogens is 382 g/mol. The summed E-state index contributed by atoms with van der Waals surface area (Å²) in [6.07, 6.45) is 22.3. The van der Waals surface area contributed by atoms with Gasteiger partial charge in [0, 0.05) is 17.8 Å². The Kier molecular flexibility index (Phi) is 16.7. The number of anilines is 1. The fraction of sp³-hybridized carbons (Fsp3) is 0.679. The molecule has 0 aromatic heterocycles. The quantitative estimate of drug-likeness (QED) is 0.0973. The monoisotopic (exact) mass is 429 g/mol. The Hall–Kier alpha value is -1.77. The second-order valence-electron chi connectivity index (χ2n) is 8.92. The summed E-state index contributed by atoms with van der Waals surface area (Å²) in [7, 11) is 0. The van der Waals surface area contributed by atoms with E-state index in [4.69, 9.17) is 4.74 Å². The molecule has 0 heterocycles. The van der Waals surface area contributed by atoms with Crippen molar-refractivity contribution in [3.05, 3.63) is 36.4 Å². The predicted molar refractivity (Wildman–Crippen MR) is 135 cm³/mol. The fourth-order valence-corrected chi connectivity index (χ4v) is 3.74. The van der Waals surface area contributed by atoms with E-state index in [1.165, 1.54) is 103 Å². The molecular formula is C28H47NO2. The van der Waals surface area contributed by atoms with Gasteiger partial charge in [-0.3, -0.25) is 0 Å². The number of carbonyl (C=O) groups is 1. The topological polar surface area (TPSA) is 38.3 Å². The number of ether oxygens (including phenoxy) is 1. The SMILES string of the molecule is C=C(C)C(=O)Oc1ccc(NCCCCCCCCCCCCCCCCCC)cc1. The van der Waals surface area contributed by atoms with Crippen molar-refractivity contribution in [2.45, 2.75) is 117 Å². The van der Waals surface area contributed by atoms with Crippen LogP contribution in [-0.4, -0.2) is 12.5 Å². The van der Waals surface area contributed by atoms with Crippen LogP contribution >= 0.6 is 0 Å². The molecule has 0 unspecified atom stereocenters. The third kappa shape index (κ3) is 15.6. The van der Waals surface area contributed by atoms with Crippen LogP contribution in [0.15, 0.2) is 36.4 Å². The molecule has 176 valence electrons. The van der Waals surface area contributed by atoms with Gasteiger partial charge >= 0.3 is 5.97 Å². The van der Waals surface area contributed by atoms with Gasteiger partial charge in [-0.1, -0.05) is 110 Å². The zero-order valence-corrected chi connectivity index (χ0v) is 20.4. The van der Waals surface area contributed by atoms with Gasteiger partial charge in [0.2, 0.25) is 0 Å². The van der Waals surface area contributed by atoms with Crippen molar-refractivity contribution in [3.63, 3.8) is 0 Å². The second kappa shape index (κ2) is 19.0. The van der Waals surface area contributed by atoms with Gasteiger partial charge in [-0.15, -0.1) is 0 Å². The average Bonchev–Trinajstić information content (AvgIpc) is 2.77. The van der Waals surface area contributed by atoms with E-state index in [1.807, 2.05) is 24.3 Å². The van der Waals surface area contributed by atoms with Crippen molar-refractivity contribution >= 4 is 11.7 Å². The number of nitrogens with one attached hydrogen (secondary N) is 1. The molecule has 0 aliphatic heterocycles. The van der Waals surface area contributed by atoms with Crippen molar-refractivity contribution < 1.29 is 9.53 Å². The number of unbranched alkanes of at least 4 members (excludes halogenated alkanes) is 15. The van der Waals surface area contributed by atoms with Crippen molar-refractivity contribution in [1.82, 2.24) is 0 Å². The van der Waals surface area contributed by atoms with Crippen LogP contribution in [0.25, 0.3) is 0 Å². The molecule has 0 spiro atoms. The maximum Gasteiger partial charge on any atom is 0.338 e. The van der Waals surface area contributed by atoms with Crippen LogP contribution in [0.4, 0.5) is 5.69 Å². The lowest BCUT2D eigenvalue weighted by Gasteiger charge is -2.08. The number of rotatable bonds is 20. The zero-order valence-electron chi connectivity index (χ0n) is 20.4. The molecule has 0 fully saturated rings. The summed E-state index contributed by atoms with van der Waals surface area (Å²) in [5, 5.41) is 3.44. The van der Waals surface area contributed by atoms with Crippen LogP contribution in [0.5, 0.6) is 5.75 Å². The normalized spacial score (nSPS) is 10.8. The molecule has 0 saturated carbocycles. The lowest BCUT2D eigenvalue weighted by Crippen LogP contribution is -2.08. The first-order chi connectivity index (χ1) is 15.1. The number of esters is 1. The van der Waals surface area contributed by atoms with E-state index in [-0.39, 0.29) is 5.97 Å². The van der Waals surface area contributed by atoms with Crippen LogP contribution in [0.2, 0.25) is 0 Å². The van der Waals surface area contributed by atoms with Gasteiger partial charge in [0.1, 0.15) is 5.75 Å². The molecule has 1 N–H and O–H groups in total. The molecule has 1 aromatic carbocycles. The molecule has 0 bridgehead atoms. The highest BCUT2D eigenvalue weighted by atomic mass is 16.5. The third-order valence-corrected chi connectivity index (χ3v) is 5.77. The largest absolute Gasteiger partial charge is 0.423 e. The summed E-state index contributed by atoms with van der Waals surface area (Å²) >= 11 is 0. The summed E-state index contributed by atoms with van der Waals surface area (Å²) in [6.45, 7) is 8.51. The number of hydrogen-bond acceptors (Lipinski definition) is 3. The van der Waals surface area contributed by atoms with Crippen LogP contribution in [0, 0.1) is 0 Å². The zero-order chi connectivity index (χ0) is 22.6. The molecule has 0 aliphatic rings. The molecule has 0 radical (unpaired) electrons. The molecule has 0 saturated heterocycles. The summed E-state index contributed by atoms with van der Waals surface area (Å²) < 4.78 is 5.20. The third-order valence-electron chi connectivity index (χ3n) is 5.77. The van der Waals surface area contributed by atoms with Crippen LogP contribution in [0.1, 0.15) is 117 Å². The molecule has 0 aliphatic carbocycles. The maximum atomic E-state index is 11.5. The Labute approximate surface area is 192 Å². The second-order valence-corrected chi connectivity index (χ2v) is 8.92. The average molecular weight is 430 g/mol. The molecule has 1 aromatic rings. The molecule has 3 nitrogen and oxygen atoms in total. The first-order valence-electron chi connectivity index (χ1n) is 12.8. The van der Waals surface area contributed by atoms with E-state index < -0.39 is 0 Å². The van der Waals surface area contributed by atoms with E-state index in [0.29, 0.717) is 11.3 Å². The van der Waals surface area contributed by atoms with E-state index in [2.05, 4.69) is 18.8 Å². The van der Waals surface area contributed by atoms with Crippen molar-refractivity contribution in [1.29, 1.82) is 0 Å². The van der Waals surface area contributed by atoms with Gasteiger partial charge in [-0.2, -0.15) is 0 Å². The van der Waals surface area contributed by atoms with E-state index >= 15 is 0 Å². The van der Waals surface area contributed by atoms with E-state index in [1.54, 1.807) is 6.92 Å². The standard InChI is InChI=1S/C28H47NO2/c1-4-5-6-7-8-9-10-11-12-13-14-15-16-17-18-19-24-29-26-20-22-27(23-21-26)31-28(30)25(2)3/h20-23,29H,2,4-19,24H2,1,3H3. The maximum absolute atomic E-state index is 11.5. The van der Waals surface area contributed by atoms with Gasteiger partial charge in [-0.05, 0) is 37.6 Å².